The Morgan fingerprint density at radius 2 is 2.27 bits per heavy atom. The Hall–Kier alpha value is 0.0401. The van der Waals surface area contributed by atoms with E-state index in [9.17, 15) is 4.79 Å². The molecule has 0 aromatic rings. The Labute approximate surface area is 99.0 Å². The van der Waals surface area contributed by atoms with Crippen molar-refractivity contribution in [1.82, 2.24) is 0 Å². The Kier molecular flexibility index (Phi) is 4.71. The van der Waals surface area contributed by atoms with E-state index < -0.39 is 21.4 Å². The van der Waals surface area contributed by atoms with Gasteiger partial charge < -0.3 is 0 Å². The molecule has 15 heavy (non-hydrogen) atoms. The molecular formula is C11H19InO3. The molecule has 1 heterocycles. The minimum atomic E-state index is -2.21. The Morgan fingerprint density at radius 1 is 1.60 bits per heavy atom. The summed E-state index contributed by atoms with van der Waals surface area (Å²) in [6.07, 6.45) is 1.73. The van der Waals surface area contributed by atoms with E-state index in [-0.39, 0.29) is 15.9 Å². The quantitative estimate of drug-likeness (QED) is 0.869. The van der Waals surface area contributed by atoms with E-state index in [1.54, 1.807) is 0 Å². The number of carbonyl (C=O) groups excluding carboxylic acids is 1. The molecule has 3 nitrogen and oxygen atoms in total. The SMILES string of the molecule is CC(C)(C)O[C](=O)[In]1[CH]=C(CCO)C[CH2]1. The second-order valence-corrected chi connectivity index (χ2v) is 12.4. The predicted octanol–water partition coefficient (Wildman–Crippen LogP) is 2.25. The number of ether oxygens (including phenoxy) is 1. The summed E-state index contributed by atoms with van der Waals surface area (Å²) in [4.78, 5) is 11.8. The summed E-state index contributed by atoms with van der Waals surface area (Å²) in [5, 5.41) is 8.80. The summed E-state index contributed by atoms with van der Waals surface area (Å²) >= 11 is -2.21. The van der Waals surface area contributed by atoms with Crippen LogP contribution < -0.4 is 0 Å². The molecule has 0 spiro atoms. The molecule has 0 unspecified atom stereocenters. The van der Waals surface area contributed by atoms with Crippen molar-refractivity contribution in [2.24, 2.45) is 0 Å². The topological polar surface area (TPSA) is 46.5 Å². The third kappa shape index (κ3) is 4.60. The zero-order chi connectivity index (χ0) is 11.5. The average molecular weight is 314 g/mol. The number of hydrogen-bond donors (Lipinski definition) is 1. The van der Waals surface area contributed by atoms with Crippen molar-refractivity contribution < 1.29 is 14.6 Å². The molecule has 84 valence electrons. The number of rotatable bonds is 3. The van der Waals surface area contributed by atoms with Crippen LogP contribution in [0.3, 0.4) is 0 Å². The molecular weight excluding hydrogens is 295 g/mol. The first-order valence-electron chi connectivity index (χ1n) is 5.45. The summed E-state index contributed by atoms with van der Waals surface area (Å²) in [7, 11) is 0. The summed E-state index contributed by atoms with van der Waals surface area (Å²) in [6, 6.07) is 0. The predicted molar refractivity (Wildman–Crippen MR) is 61.2 cm³/mol. The van der Waals surface area contributed by atoms with Crippen LogP contribution in [0, 0.1) is 0 Å². The van der Waals surface area contributed by atoms with Gasteiger partial charge >= 0.3 is 99.2 Å². The molecule has 0 saturated heterocycles. The summed E-state index contributed by atoms with van der Waals surface area (Å²) in [6.45, 7) is 5.91. The standard InChI is InChI=1S/C6H10O.C5H9O2.In/c1-3-6(2)4-5-7;1-5(2,3)7-4-6;/h2,7H,1,3-5H2;1-3H3;. The van der Waals surface area contributed by atoms with Crippen LogP contribution in [-0.4, -0.2) is 42.5 Å². The van der Waals surface area contributed by atoms with Crippen molar-refractivity contribution in [2.45, 2.75) is 43.4 Å². The van der Waals surface area contributed by atoms with Gasteiger partial charge in [-0.05, 0) is 0 Å². The minimum absolute atomic E-state index is 0.0669. The van der Waals surface area contributed by atoms with Crippen molar-refractivity contribution in [3.05, 3.63) is 9.41 Å². The van der Waals surface area contributed by atoms with Gasteiger partial charge in [0.25, 0.3) is 0 Å². The van der Waals surface area contributed by atoms with Crippen molar-refractivity contribution >= 4 is 25.2 Å². The number of hydrogen-bond acceptors (Lipinski definition) is 3. The fourth-order valence-corrected chi connectivity index (χ4v) is 9.21. The molecule has 0 bridgehead atoms. The van der Waals surface area contributed by atoms with Gasteiger partial charge in [-0.15, -0.1) is 0 Å². The molecule has 0 aliphatic carbocycles. The summed E-state index contributed by atoms with van der Waals surface area (Å²) < 4.78 is 8.65. The Bertz CT molecular complexity index is 265. The Balaban J connectivity index is 2.49. The van der Waals surface area contributed by atoms with Crippen LogP contribution in [0.1, 0.15) is 33.6 Å². The first-order chi connectivity index (χ1) is 6.92. The summed E-state index contributed by atoms with van der Waals surface area (Å²) in [5.41, 5.74) is 0.908. The van der Waals surface area contributed by atoms with Crippen LogP contribution in [0.4, 0.5) is 4.79 Å². The second-order valence-electron chi connectivity index (χ2n) is 4.98. The van der Waals surface area contributed by atoms with E-state index >= 15 is 0 Å². The first kappa shape index (κ1) is 13.1. The number of aliphatic hydroxyl groups is 1. The van der Waals surface area contributed by atoms with E-state index in [0.29, 0.717) is 0 Å². The van der Waals surface area contributed by atoms with E-state index in [0.717, 1.165) is 17.0 Å². The number of aliphatic hydroxyl groups excluding tert-OH is 1. The van der Waals surface area contributed by atoms with Crippen LogP contribution >= 0.6 is 0 Å². The van der Waals surface area contributed by atoms with Crippen molar-refractivity contribution in [3.8, 4) is 0 Å². The molecule has 0 aromatic heterocycles. The van der Waals surface area contributed by atoms with Gasteiger partial charge in [-0.1, -0.05) is 0 Å². The van der Waals surface area contributed by atoms with Gasteiger partial charge in [0.05, 0.1) is 0 Å². The van der Waals surface area contributed by atoms with Gasteiger partial charge in [-0.25, -0.2) is 0 Å². The van der Waals surface area contributed by atoms with Gasteiger partial charge in [-0.2, -0.15) is 0 Å². The maximum absolute atomic E-state index is 11.8. The van der Waals surface area contributed by atoms with Gasteiger partial charge in [0.2, 0.25) is 0 Å². The third-order valence-corrected chi connectivity index (χ3v) is 9.51. The van der Waals surface area contributed by atoms with Crippen LogP contribution in [-0.2, 0) is 4.74 Å². The molecule has 0 radical (unpaired) electrons. The Morgan fingerprint density at radius 3 is 2.80 bits per heavy atom. The fraction of sp³-hybridized carbons (Fsp3) is 0.727. The molecule has 0 aromatic carbocycles. The van der Waals surface area contributed by atoms with Gasteiger partial charge in [0.1, 0.15) is 0 Å². The van der Waals surface area contributed by atoms with E-state index in [1.165, 1.54) is 5.57 Å². The van der Waals surface area contributed by atoms with Crippen molar-refractivity contribution in [3.63, 3.8) is 0 Å². The fourth-order valence-electron chi connectivity index (χ4n) is 1.71. The molecule has 1 rings (SSSR count). The zero-order valence-electron chi connectivity index (χ0n) is 9.75. The molecule has 1 aliphatic heterocycles. The van der Waals surface area contributed by atoms with Gasteiger partial charge in [0.15, 0.2) is 0 Å². The van der Waals surface area contributed by atoms with Crippen LogP contribution in [0.25, 0.3) is 0 Å². The zero-order valence-corrected chi connectivity index (χ0v) is 13.0. The number of carbonyl (C=O) groups is 1. The molecule has 0 amide bonds. The van der Waals surface area contributed by atoms with Crippen molar-refractivity contribution in [2.75, 3.05) is 6.61 Å². The normalized spacial score (nSPS) is 16.5. The average Bonchev–Trinajstić information content (AvgIpc) is 2.50. The molecule has 4 heteroatoms. The van der Waals surface area contributed by atoms with E-state index in [4.69, 9.17) is 9.84 Å². The first-order valence-corrected chi connectivity index (χ1v) is 11.3. The van der Waals surface area contributed by atoms with Crippen molar-refractivity contribution in [1.29, 1.82) is 0 Å². The molecule has 1 aliphatic rings. The molecule has 1 N–H and O–H groups in total. The monoisotopic (exact) mass is 314 g/mol. The van der Waals surface area contributed by atoms with Gasteiger partial charge in [0, 0.05) is 0 Å². The van der Waals surface area contributed by atoms with Crippen LogP contribution in [0.15, 0.2) is 9.41 Å². The summed E-state index contributed by atoms with van der Waals surface area (Å²) in [5.74, 6) is 0. The molecule has 0 saturated carbocycles. The molecule has 0 atom stereocenters. The second kappa shape index (κ2) is 5.39. The van der Waals surface area contributed by atoms with Crippen LogP contribution in [0.5, 0.6) is 0 Å². The molecule has 0 fully saturated rings. The van der Waals surface area contributed by atoms with Crippen LogP contribution in [0.2, 0.25) is 4.18 Å². The van der Waals surface area contributed by atoms with Gasteiger partial charge in [-0.3, -0.25) is 0 Å². The van der Waals surface area contributed by atoms with E-state index in [1.807, 2.05) is 20.8 Å². The maximum atomic E-state index is 11.8. The third-order valence-electron chi connectivity index (χ3n) is 2.36. The van der Waals surface area contributed by atoms with E-state index in [2.05, 4.69) is 3.83 Å².